The van der Waals surface area contributed by atoms with Crippen molar-refractivity contribution >= 4 is 5.91 Å². The van der Waals surface area contributed by atoms with Crippen molar-refractivity contribution in [3.63, 3.8) is 0 Å². The average molecular weight is 394 g/mol. The molecule has 1 fully saturated rings. The molecule has 0 spiro atoms. The van der Waals surface area contributed by atoms with Gasteiger partial charge in [-0.1, -0.05) is 23.4 Å². The lowest BCUT2D eigenvalue weighted by molar-refractivity contribution is -0.124. The molecule has 2 atom stereocenters. The number of rotatable bonds is 8. The largest absolute Gasteiger partial charge is 0.489 e. The Hall–Kier alpha value is -3.26. The molecule has 0 saturated heterocycles. The third kappa shape index (κ3) is 4.78. The van der Waals surface area contributed by atoms with Crippen LogP contribution in [0.3, 0.4) is 0 Å². The van der Waals surface area contributed by atoms with Crippen molar-refractivity contribution in [1.82, 2.24) is 20.4 Å². The number of aliphatic hydroxyl groups is 1. The van der Waals surface area contributed by atoms with Gasteiger partial charge in [0.15, 0.2) is 0 Å². The lowest BCUT2D eigenvalue weighted by Crippen LogP contribution is -2.36. The minimum Gasteiger partial charge on any atom is -0.489 e. The zero-order valence-corrected chi connectivity index (χ0v) is 16.0. The van der Waals surface area contributed by atoms with Gasteiger partial charge in [-0.05, 0) is 38.0 Å². The molecular formula is C21H22N4O4. The number of aromatic nitrogens is 3. The van der Waals surface area contributed by atoms with Gasteiger partial charge in [-0.25, -0.2) is 0 Å². The standard InChI is InChI=1S/C21H22N4O4/c1-13(26)18(23-20(27)15-7-8-15)21-24-19(25-29-21)16-5-2-6-17(10-16)28-12-14-4-3-9-22-11-14/h2-6,9-11,13,15,18,26H,7-8,12H2,1H3,(H,23,27)/t13-,18-/m0/s1. The lowest BCUT2D eigenvalue weighted by Gasteiger charge is -2.17. The number of carbonyl (C=O) groups is 1. The molecule has 2 N–H and O–H groups in total. The molecule has 4 rings (SSSR count). The zero-order chi connectivity index (χ0) is 20.2. The van der Waals surface area contributed by atoms with Gasteiger partial charge >= 0.3 is 0 Å². The first-order chi connectivity index (χ1) is 14.1. The van der Waals surface area contributed by atoms with E-state index in [0.717, 1.165) is 18.4 Å². The predicted molar refractivity (Wildman–Crippen MR) is 104 cm³/mol. The smallest absolute Gasteiger partial charge is 0.252 e. The Morgan fingerprint density at radius 3 is 2.93 bits per heavy atom. The van der Waals surface area contributed by atoms with E-state index in [4.69, 9.17) is 9.26 Å². The summed E-state index contributed by atoms with van der Waals surface area (Å²) in [4.78, 5) is 20.5. The van der Waals surface area contributed by atoms with E-state index in [2.05, 4.69) is 20.4 Å². The van der Waals surface area contributed by atoms with E-state index in [1.165, 1.54) is 0 Å². The maximum absolute atomic E-state index is 12.1. The number of pyridine rings is 1. The zero-order valence-electron chi connectivity index (χ0n) is 16.0. The van der Waals surface area contributed by atoms with Gasteiger partial charge in [0.05, 0.1) is 6.10 Å². The van der Waals surface area contributed by atoms with Crippen LogP contribution in [0.15, 0.2) is 53.3 Å². The van der Waals surface area contributed by atoms with E-state index >= 15 is 0 Å². The minimum atomic E-state index is -0.861. The van der Waals surface area contributed by atoms with Crippen molar-refractivity contribution in [2.45, 2.75) is 38.5 Å². The quantitative estimate of drug-likeness (QED) is 0.604. The molecule has 1 aliphatic carbocycles. The number of nitrogens with zero attached hydrogens (tertiary/aromatic N) is 3. The maximum atomic E-state index is 12.1. The highest BCUT2D eigenvalue weighted by Crippen LogP contribution is 2.30. The third-order valence-electron chi connectivity index (χ3n) is 4.66. The number of ether oxygens (including phenoxy) is 1. The van der Waals surface area contributed by atoms with E-state index in [1.807, 2.05) is 36.4 Å². The van der Waals surface area contributed by atoms with Gasteiger partial charge in [0, 0.05) is 29.4 Å². The van der Waals surface area contributed by atoms with Crippen molar-refractivity contribution in [3.05, 3.63) is 60.2 Å². The summed E-state index contributed by atoms with van der Waals surface area (Å²) in [6, 6.07) is 10.4. The van der Waals surface area contributed by atoms with Gasteiger partial charge in [-0.3, -0.25) is 9.78 Å². The fraction of sp³-hybridized carbons (Fsp3) is 0.333. The number of hydrogen-bond acceptors (Lipinski definition) is 7. The highest BCUT2D eigenvalue weighted by Gasteiger charge is 2.34. The molecule has 0 radical (unpaired) electrons. The van der Waals surface area contributed by atoms with Crippen LogP contribution < -0.4 is 10.1 Å². The Bertz CT molecular complexity index is 970. The SMILES string of the molecule is C[C@H](O)[C@H](NC(=O)C1CC1)c1nc(-c2cccc(OCc3cccnc3)c2)no1. The van der Waals surface area contributed by atoms with Gasteiger partial charge in [0.2, 0.25) is 11.7 Å². The van der Waals surface area contributed by atoms with Crippen molar-refractivity contribution in [1.29, 1.82) is 0 Å². The highest BCUT2D eigenvalue weighted by atomic mass is 16.5. The third-order valence-corrected chi connectivity index (χ3v) is 4.66. The van der Waals surface area contributed by atoms with Crippen LogP contribution in [0.25, 0.3) is 11.4 Å². The first kappa shape index (κ1) is 19.1. The predicted octanol–water partition coefficient (Wildman–Crippen LogP) is 2.66. The fourth-order valence-corrected chi connectivity index (χ4v) is 2.86. The van der Waals surface area contributed by atoms with Crippen molar-refractivity contribution in [2.24, 2.45) is 5.92 Å². The summed E-state index contributed by atoms with van der Waals surface area (Å²) in [5.41, 5.74) is 1.67. The Labute approximate surface area is 167 Å². The van der Waals surface area contributed by atoms with Crippen LogP contribution in [0.1, 0.15) is 37.3 Å². The number of amides is 1. The molecule has 1 amide bonds. The average Bonchev–Trinajstić information content (AvgIpc) is 3.48. The van der Waals surface area contributed by atoms with Crippen molar-refractivity contribution in [2.75, 3.05) is 0 Å². The Morgan fingerprint density at radius 1 is 1.34 bits per heavy atom. The molecule has 8 heteroatoms. The molecule has 1 saturated carbocycles. The van der Waals surface area contributed by atoms with Crippen molar-refractivity contribution in [3.8, 4) is 17.1 Å². The summed E-state index contributed by atoms with van der Waals surface area (Å²) >= 11 is 0. The van der Waals surface area contributed by atoms with Gasteiger partial charge in [-0.2, -0.15) is 4.98 Å². The van der Waals surface area contributed by atoms with Crippen LogP contribution >= 0.6 is 0 Å². The van der Waals surface area contributed by atoms with E-state index in [9.17, 15) is 9.90 Å². The van der Waals surface area contributed by atoms with E-state index in [1.54, 1.807) is 19.3 Å². The van der Waals surface area contributed by atoms with Crippen LogP contribution in [0, 0.1) is 5.92 Å². The number of hydrogen-bond donors (Lipinski definition) is 2. The summed E-state index contributed by atoms with van der Waals surface area (Å²) in [6.45, 7) is 1.97. The van der Waals surface area contributed by atoms with Crippen LogP contribution in [-0.2, 0) is 11.4 Å². The molecule has 2 aromatic heterocycles. The van der Waals surface area contributed by atoms with Crippen LogP contribution in [-0.4, -0.2) is 32.2 Å². The molecule has 0 bridgehead atoms. The molecular weight excluding hydrogens is 372 g/mol. The maximum Gasteiger partial charge on any atom is 0.252 e. The summed E-state index contributed by atoms with van der Waals surface area (Å²) in [5.74, 6) is 1.12. The molecule has 8 nitrogen and oxygen atoms in total. The molecule has 1 aromatic carbocycles. The number of carbonyl (C=O) groups excluding carboxylic acids is 1. The molecule has 29 heavy (non-hydrogen) atoms. The second-order valence-corrected chi connectivity index (χ2v) is 7.14. The normalized spacial score (nSPS) is 15.5. The van der Waals surface area contributed by atoms with E-state index in [0.29, 0.717) is 23.7 Å². The molecule has 2 heterocycles. The van der Waals surface area contributed by atoms with Crippen molar-refractivity contribution < 1.29 is 19.2 Å². The topological polar surface area (TPSA) is 110 Å². The second kappa shape index (κ2) is 8.40. The number of benzene rings is 1. The highest BCUT2D eigenvalue weighted by molar-refractivity contribution is 5.81. The van der Waals surface area contributed by atoms with Gasteiger partial charge in [-0.15, -0.1) is 0 Å². The Balaban J connectivity index is 1.47. The number of nitrogens with one attached hydrogen (secondary N) is 1. The van der Waals surface area contributed by atoms with Gasteiger partial charge in [0.1, 0.15) is 18.4 Å². The Morgan fingerprint density at radius 2 is 2.21 bits per heavy atom. The van der Waals surface area contributed by atoms with Crippen LogP contribution in [0.4, 0.5) is 0 Å². The van der Waals surface area contributed by atoms with Crippen LogP contribution in [0.5, 0.6) is 5.75 Å². The summed E-state index contributed by atoms with van der Waals surface area (Å²) in [7, 11) is 0. The summed E-state index contributed by atoms with van der Waals surface area (Å²) in [6.07, 6.45) is 4.35. The molecule has 1 aliphatic rings. The minimum absolute atomic E-state index is 0.0206. The van der Waals surface area contributed by atoms with E-state index in [-0.39, 0.29) is 17.7 Å². The Kier molecular flexibility index (Phi) is 5.53. The van der Waals surface area contributed by atoms with Gasteiger partial charge < -0.3 is 19.7 Å². The molecule has 0 aliphatic heterocycles. The van der Waals surface area contributed by atoms with Crippen LogP contribution in [0.2, 0.25) is 0 Å². The first-order valence-electron chi connectivity index (χ1n) is 9.54. The summed E-state index contributed by atoms with van der Waals surface area (Å²) in [5, 5.41) is 16.8. The first-order valence-corrected chi connectivity index (χ1v) is 9.54. The summed E-state index contributed by atoms with van der Waals surface area (Å²) < 4.78 is 11.1. The monoisotopic (exact) mass is 394 g/mol. The van der Waals surface area contributed by atoms with E-state index < -0.39 is 12.1 Å². The van der Waals surface area contributed by atoms with Gasteiger partial charge in [0.25, 0.3) is 5.89 Å². The fourth-order valence-electron chi connectivity index (χ4n) is 2.86. The molecule has 0 unspecified atom stereocenters. The molecule has 3 aromatic rings. The second-order valence-electron chi connectivity index (χ2n) is 7.14. The lowest BCUT2D eigenvalue weighted by atomic mass is 10.1. The molecule has 150 valence electrons. The number of aliphatic hydroxyl groups excluding tert-OH is 1.